The fourth-order valence-electron chi connectivity index (χ4n) is 2.91. The Kier molecular flexibility index (Phi) is 3.33. The highest BCUT2D eigenvalue weighted by molar-refractivity contribution is 7.99. The molecule has 4 nitrogen and oxygen atoms in total. The third-order valence-electron chi connectivity index (χ3n) is 3.90. The summed E-state index contributed by atoms with van der Waals surface area (Å²) in [4.78, 5) is 15.9. The van der Waals surface area contributed by atoms with Crippen LogP contribution in [0.1, 0.15) is 49.2 Å². The molecule has 5 heteroatoms. The van der Waals surface area contributed by atoms with Gasteiger partial charge < -0.3 is 9.67 Å². The summed E-state index contributed by atoms with van der Waals surface area (Å²) < 4.78 is 1.90. The molecular weight excluding hydrogens is 248 g/mol. The van der Waals surface area contributed by atoms with Crippen LogP contribution < -0.4 is 0 Å². The highest BCUT2D eigenvalue weighted by Gasteiger charge is 2.28. The molecular formula is C13H18N2O2S. The van der Waals surface area contributed by atoms with E-state index in [1.165, 1.54) is 18.6 Å². The number of rotatable bonds is 2. The minimum Gasteiger partial charge on any atom is -0.480 e. The molecule has 2 aliphatic heterocycles. The van der Waals surface area contributed by atoms with Gasteiger partial charge in [-0.15, -0.1) is 0 Å². The number of hydrogen-bond donors (Lipinski definition) is 1. The van der Waals surface area contributed by atoms with Crippen LogP contribution >= 0.6 is 11.8 Å². The predicted molar refractivity (Wildman–Crippen MR) is 71.1 cm³/mol. The summed E-state index contributed by atoms with van der Waals surface area (Å²) in [6.45, 7) is 0. The van der Waals surface area contributed by atoms with E-state index >= 15 is 0 Å². The number of aryl methyl sites for hydroxylation is 1. The maximum Gasteiger partial charge on any atom is 0.326 e. The largest absolute Gasteiger partial charge is 0.480 e. The van der Waals surface area contributed by atoms with Crippen LogP contribution in [0.25, 0.3) is 0 Å². The zero-order valence-corrected chi connectivity index (χ0v) is 11.2. The maximum absolute atomic E-state index is 11.2. The Balaban J connectivity index is 1.88. The molecule has 3 heterocycles. The van der Waals surface area contributed by atoms with Gasteiger partial charge in [-0.1, -0.05) is 0 Å². The number of carboxylic acids is 1. The van der Waals surface area contributed by atoms with E-state index in [4.69, 9.17) is 4.98 Å². The summed E-state index contributed by atoms with van der Waals surface area (Å²) in [5, 5.41) is 9.25. The molecule has 2 atom stereocenters. The quantitative estimate of drug-likeness (QED) is 0.893. The van der Waals surface area contributed by atoms with Crippen molar-refractivity contribution in [1.29, 1.82) is 0 Å². The van der Waals surface area contributed by atoms with Gasteiger partial charge in [0.1, 0.15) is 11.9 Å². The molecule has 1 fully saturated rings. The molecule has 2 aliphatic rings. The SMILES string of the molecule is O=C(O)C1CCCc2nc(C3CCCSC3)cn21. The third-order valence-corrected chi connectivity index (χ3v) is 5.12. The highest BCUT2D eigenvalue weighted by Crippen LogP contribution is 2.33. The van der Waals surface area contributed by atoms with Crippen LogP contribution in [0, 0.1) is 0 Å². The molecule has 0 aliphatic carbocycles. The lowest BCUT2D eigenvalue weighted by Crippen LogP contribution is -2.24. The maximum atomic E-state index is 11.2. The monoisotopic (exact) mass is 266 g/mol. The van der Waals surface area contributed by atoms with Gasteiger partial charge in [0.15, 0.2) is 0 Å². The average molecular weight is 266 g/mol. The molecule has 0 aromatic carbocycles. The van der Waals surface area contributed by atoms with Gasteiger partial charge in [0, 0.05) is 24.3 Å². The summed E-state index contributed by atoms with van der Waals surface area (Å²) in [6, 6.07) is -0.397. The van der Waals surface area contributed by atoms with Crippen molar-refractivity contribution in [3.63, 3.8) is 0 Å². The van der Waals surface area contributed by atoms with Gasteiger partial charge in [-0.2, -0.15) is 11.8 Å². The van der Waals surface area contributed by atoms with E-state index in [0.29, 0.717) is 5.92 Å². The molecule has 0 amide bonds. The Morgan fingerprint density at radius 1 is 1.44 bits per heavy atom. The zero-order chi connectivity index (χ0) is 12.5. The number of aliphatic carboxylic acids is 1. The van der Waals surface area contributed by atoms with Crippen molar-refractivity contribution < 1.29 is 9.90 Å². The van der Waals surface area contributed by atoms with Crippen molar-refractivity contribution in [2.24, 2.45) is 0 Å². The molecule has 3 rings (SSSR count). The Morgan fingerprint density at radius 2 is 2.33 bits per heavy atom. The predicted octanol–water partition coefficient (Wildman–Crippen LogP) is 2.46. The van der Waals surface area contributed by atoms with Gasteiger partial charge in [-0.3, -0.25) is 0 Å². The minimum absolute atomic E-state index is 0.397. The summed E-state index contributed by atoms with van der Waals surface area (Å²) in [5.41, 5.74) is 1.12. The van der Waals surface area contributed by atoms with E-state index in [0.717, 1.165) is 36.5 Å². The third kappa shape index (κ3) is 2.16. The van der Waals surface area contributed by atoms with Gasteiger partial charge >= 0.3 is 5.97 Å². The molecule has 1 saturated heterocycles. The molecule has 1 aromatic rings. The Morgan fingerprint density at radius 3 is 3.06 bits per heavy atom. The summed E-state index contributed by atoms with van der Waals surface area (Å²) in [5.74, 6) is 3.16. The number of hydrogen-bond acceptors (Lipinski definition) is 3. The van der Waals surface area contributed by atoms with E-state index in [2.05, 4.69) is 0 Å². The lowest BCUT2D eigenvalue weighted by molar-refractivity contribution is -0.141. The van der Waals surface area contributed by atoms with Crippen LogP contribution in [-0.4, -0.2) is 32.1 Å². The fraction of sp³-hybridized carbons (Fsp3) is 0.692. The first kappa shape index (κ1) is 12.1. The lowest BCUT2D eigenvalue weighted by atomic mass is 10.0. The van der Waals surface area contributed by atoms with E-state index in [-0.39, 0.29) is 0 Å². The summed E-state index contributed by atoms with van der Waals surface area (Å²) in [7, 11) is 0. The second kappa shape index (κ2) is 4.96. The first-order valence-electron chi connectivity index (χ1n) is 6.64. The standard InChI is InChI=1S/C13H18N2O2S/c16-13(17)11-4-1-5-12-14-10(7-15(11)12)9-3-2-6-18-8-9/h7,9,11H,1-6,8H2,(H,16,17). The minimum atomic E-state index is -0.724. The first-order chi connectivity index (χ1) is 8.75. The van der Waals surface area contributed by atoms with Gasteiger partial charge in [0.25, 0.3) is 0 Å². The van der Waals surface area contributed by atoms with Gasteiger partial charge in [0.05, 0.1) is 5.69 Å². The number of imidazole rings is 1. The smallest absolute Gasteiger partial charge is 0.326 e. The van der Waals surface area contributed by atoms with Crippen molar-refractivity contribution in [1.82, 2.24) is 9.55 Å². The average Bonchev–Trinajstić information content (AvgIpc) is 2.83. The van der Waals surface area contributed by atoms with Crippen LogP contribution in [0.4, 0.5) is 0 Å². The molecule has 1 N–H and O–H groups in total. The molecule has 2 unspecified atom stereocenters. The fourth-order valence-corrected chi connectivity index (χ4v) is 4.07. The highest BCUT2D eigenvalue weighted by atomic mass is 32.2. The van der Waals surface area contributed by atoms with Crippen molar-refractivity contribution >= 4 is 17.7 Å². The molecule has 0 saturated carbocycles. The topological polar surface area (TPSA) is 55.1 Å². The van der Waals surface area contributed by atoms with Gasteiger partial charge in [-0.25, -0.2) is 9.78 Å². The van der Waals surface area contributed by atoms with E-state index in [1.54, 1.807) is 0 Å². The van der Waals surface area contributed by atoms with E-state index in [1.807, 2.05) is 22.5 Å². The molecule has 0 radical (unpaired) electrons. The zero-order valence-electron chi connectivity index (χ0n) is 10.3. The van der Waals surface area contributed by atoms with E-state index < -0.39 is 12.0 Å². The number of carboxylic acid groups (broad SMARTS) is 1. The van der Waals surface area contributed by atoms with Crippen LogP contribution in [0.5, 0.6) is 0 Å². The second-order valence-corrected chi connectivity index (χ2v) is 6.30. The van der Waals surface area contributed by atoms with Crippen molar-refractivity contribution in [3.05, 3.63) is 17.7 Å². The lowest BCUT2D eigenvalue weighted by Gasteiger charge is -2.21. The van der Waals surface area contributed by atoms with E-state index in [9.17, 15) is 9.90 Å². The van der Waals surface area contributed by atoms with Crippen molar-refractivity contribution in [2.75, 3.05) is 11.5 Å². The Bertz CT molecular complexity index is 452. The van der Waals surface area contributed by atoms with Gasteiger partial charge in [-0.05, 0) is 31.4 Å². The summed E-state index contributed by atoms with van der Waals surface area (Å²) in [6.07, 6.45) is 7.04. The molecule has 0 bridgehead atoms. The second-order valence-electron chi connectivity index (χ2n) is 5.15. The Hall–Kier alpha value is -0.970. The van der Waals surface area contributed by atoms with Crippen molar-refractivity contribution in [2.45, 2.75) is 44.1 Å². The number of aromatic nitrogens is 2. The molecule has 1 aromatic heterocycles. The van der Waals surface area contributed by atoms with Crippen LogP contribution in [0.15, 0.2) is 6.20 Å². The number of carbonyl (C=O) groups is 1. The molecule has 0 spiro atoms. The summed E-state index contributed by atoms with van der Waals surface area (Å²) >= 11 is 1.99. The van der Waals surface area contributed by atoms with Crippen LogP contribution in [0.2, 0.25) is 0 Å². The number of fused-ring (bicyclic) bond motifs is 1. The normalized spacial score (nSPS) is 27.8. The number of thioether (sulfide) groups is 1. The van der Waals surface area contributed by atoms with Crippen LogP contribution in [-0.2, 0) is 11.2 Å². The van der Waals surface area contributed by atoms with Crippen molar-refractivity contribution in [3.8, 4) is 0 Å². The van der Waals surface area contributed by atoms with Crippen LogP contribution in [0.3, 0.4) is 0 Å². The first-order valence-corrected chi connectivity index (χ1v) is 7.79. The molecule has 18 heavy (non-hydrogen) atoms. The number of nitrogens with zero attached hydrogens (tertiary/aromatic N) is 2. The van der Waals surface area contributed by atoms with Gasteiger partial charge in [0.2, 0.25) is 0 Å². The molecule has 98 valence electrons. The Labute approximate surface area is 111 Å².